The Labute approximate surface area is 109 Å². The Morgan fingerprint density at radius 1 is 1.05 bits per heavy atom. The molecule has 0 radical (unpaired) electrons. The second-order valence-electron chi connectivity index (χ2n) is 4.32. The summed E-state index contributed by atoms with van der Waals surface area (Å²) in [5, 5.41) is 7.22. The van der Waals surface area contributed by atoms with E-state index in [9.17, 15) is 9.59 Å². The van der Waals surface area contributed by atoms with E-state index in [1.165, 1.54) is 0 Å². The molecule has 0 saturated carbocycles. The highest BCUT2D eigenvalue weighted by molar-refractivity contribution is 6.18. The number of hydrogen-bond acceptors (Lipinski definition) is 3. The maximum atomic E-state index is 11.7. The summed E-state index contributed by atoms with van der Waals surface area (Å²) in [6.07, 6.45) is -0.175. The van der Waals surface area contributed by atoms with Crippen molar-refractivity contribution in [3.63, 3.8) is 0 Å². The summed E-state index contributed by atoms with van der Waals surface area (Å²) in [6.45, 7) is 0. The van der Waals surface area contributed by atoms with Crippen LogP contribution in [0.25, 0.3) is 10.8 Å². The predicted molar refractivity (Wildman–Crippen MR) is 72.4 cm³/mol. The van der Waals surface area contributed by atoms with Gasteiger partial charge in [0.1, 0.15) is 12.2 Å². The van der Waals surface area contributed by atoms with Gasteiger partial charge in [-0.1, -0.05) is 24.3 Å². The first-order valence-corrected chi connectivity index (χ1v) is 5.88. The molecule has 2 aromatic carbocycles. The fraction of sp³-hybridized carbons (Fsp3) is 0.143. The molecule has 1 aliphatic heterocycles. The number of fused-ring (bicyclic) bond motifs is 3. The van der Waals surface area contributed by atoms with Crippen molar-refractivity contribution >= 4 is 34.0 Å². The van der Waals surface area contributed by atoms with Crippen LogP contribution in [0.3, 0.4) is 0 Å². The lowest BCUT2D eigenvalue weighted by molar-refractivity contribution is -0.123. The van der Waals surface area contributed by atoms with Gasteiger partial charge in [-0.05, 0) is 0 Å². The summed E-state index contributed by atoms with van der Waals surface area (Å²) in [5.41, 5.74) is 1.18. The van der Waals surface area contributed by atoms with Crippen LogP contribution >= 0.6 is 0 Å². The first-order chi connectivity index (χ1) is 9.19. The van der Waals surface area contributed by atoms with E-state index >= 15 is 0 Å². The molecule has 1 heterocycles. The molecule has 3 rings (SSSR count). The third kappa shape index (κ3) is 1.89. The number of methoxy groups -OCH3 is 1. The van der Waals surface area contributed by atoms with E-state index in [0.29, 0.717) is 17.1 Å². The van der Waals surface area contributed by atoms with Gasteiger partial charge < -0.3 is 15.4 Å². The van der Waals surface area contributed by atoms with E-state index in [-0.39, 0.29) is 18.2 Å². The molecule has 0 saturated heterocycles. The van der Waals surface area contributed by atoms with Crippen LogP contribution in [0.4, 0.5) is 11.4 Å². The van der Waals surface area contributed by atoms with Crippen molar-refractivity contribution in [2.24, 2.45) is 0 Å². The summed E-state index contributed by atoms with van der Waals surface area (Å²) in [4.78, 5) is 23.2. The number of ether oxygens (including phenoxy) is 1. The lowest BCUT2D eigenvalue weighted by Gasteiger charge is -2.14. The molecule has 2 N–H and O–H groups in total. The van der Waals surface area contributed by atoms with Gasteiger partial charge in [-0.15, -0.1) is 0 Å². The molecule has 0 atom stereocenters. The fourth-order valence-electron chi connectivity index (χ4n) is 2.27. The maximum absolute atomic E-state index is 11.7. The highest BCUT2D eigenvalue weighted by atomic mass is 16.5. The fourth-order valence-corrected chi connectivity index (χ4v) is 2.27. The largest absolute Gasteiger partial charge is 0.496 e. The number of benzene rings is 2. The van der Waals surface area contributed by atoms with Crippen LogP contribution in [0.15, 0.2) is 30.3 Å². The Morgan fingerprint density at radius 3 is 2.47 bits per heavy atom. The molecule has 0 bridgehead atoms. The highest BCUT2D eigenvalue weighted by Gasteiger charge is 2.21. The third-order valence-corrected chi connectivity index (χ3v) is 3.09. The van der Waals surface area contributed by atoms with E-state index < -0.39 is 0 Å². The zero-order chi connectivity index (χ0) is 13.4. The van der Waals surface area contributed by atoms with Gasteiger partial charge in [0.25, 0.3) is 0 Å². The lowest BCUT2D eigenvalue weighted by atomic mass is 10.1. The zero-order valence-electron chi connectivity index (χ0n) is 10.3. The van der Waals surface area contributed by atoms with E-state index in [4.69, 9.17) is 4.74 Å². The normalized spacial score (nSPS) is 14.4. The number of carbonyl (C=O) groups is 2. The van der Waals surface area contributed by atoms with Crippen LogP contribution in [0.5, 0.6) is 5.75 Å². The van der Waals surface area contributed by atoms with Crippen molar-refractivity contribution in [3.8, 4) is 5.75 Å². The molecule has 0 spiro atoms. The number of carbonyl (C=O) groups excluding carboxylic acids is 2. The molecule has 2 amide bonds. The lowest BCUT2D eigenvalue weighted by Crippen LogP contribution is -2.16. The average molecular weight is 256 g/mol. The molecule has 2 aromatic rings. The smallest absolute Gasteiger partial charge is 0.233 e. The van der Waals surface area contributed by atoms with Crippen LogP contribution in [-0.2, 0) is 9.59 Å². The van der Waals surface area contributed by atoms with E-state index in [1.807, 2.05) is 24.3 Å². The Morgan fingerprint density at radius 2 is 1.74 bits per heavy atom. The van der Waals surface area contributed by atoms with Gasteiger partial charge >= 0.3 is 0 Å². The number of amides is 2. The minimum Gasteiger partial charge on any atom is -0.496 e. The summed E-state index contributed by atoms with van der Waals surface area (Å²) in [7, 11) is 1.57. The van der Waals surface area contributed by atoms with Crippen LogP contribution < -0.4 is 15.4 Å². The molecule has 1 aliphatic rings. The van der Waals surface area contributed by atoms with Gasteiger partial charge in [0.15, 0.2) is 0 Å². The monoisotopic (exact) mass is 256 g/mol. The number of rotatable bonds is 1. The minimum absolute atomic E-state index is 0.175. The molecule has 5 heteroatoms. The quantitative estimate of drug-likeness (QED) is 0.768. The summed E-state index contributed by atoms with van der Waals surface area (Å²) >= 11 is 0. The number of anilines is 2. The van der Waals surface area contributed by atoms with Crippen molar-refractivity contribution in [3.05, 3.63) is 30.3 Å². The summed E-state index contributed by atoms with van der Waals surface area (Å²) < 4.78 is 5.33. The summed E-state index contributed by atoms with van der Waals surface area (Å²) in [5.74, 6) is 0.0194. The first kappa shape index (κ1) is 11.5. The van der Waals surface area contributed by atoms with Crippen LogP contribution in [-0.4, -0.2) is 18.9 Å². The average Bonchev–Trinajstić information content (AvgIpc) is 2.54. The standard InChI is InChI=1S/C14H12N2O3/c1-19-11-6-10-14(9-5-3-2-4-8(9)11)16-13(18)7-12(17)15-10/h2-6H,7H2,1H3,(H,15,17)(H,16,18). The van der Waals surface area contributed by atoms with E-state index in [1.54, 1.807) is 13.2 Å². The zero-order valence-corrected chi connectivity index (χ0v) is 10.3. The van der Waals surface area contributed by atoms with Crippen LogP contribution in [0.2, 0.25) is 0 Å². The Balaban J connectivity index is 2.33. The van der Waals surface area contributed by atoms with Gasteiger partial charge in [-0.25, -0.2) is 0 Å². The maximum Gasteiger partial charge on any atom is 0.233 e. The van der Waals surface area contributed by atoms with Crippen molar-refractivity contribution in [2.45, 2.75) is 6.42 Å². The van der Waals surface area contributed by atoms with E-state index in [0.717, 1.165) is 10.8 Å². The second-order valence-corrected chi connectivity index (χ2v) is 4.32. The number of nitrogens with one attached hydrogen (secondary N) is 2. The molecule has 0 aromatic heterocycles. The van der Waals surface area contributed by atoms with Crippen molar-refractivity contribution < 1.29 is 14.3 Å². The van der Waals surface area contributed by atoms with Crippen molar-refractivity contribution in [1.29, 1.82) is 0 Å². The van der Waals surface area contributed by atoms with E-state index in [2.05, 4.69) is 10.6 Å². The van der Waals surface area contributed by atoms with Crippen LogP contribution in [0, 0.1) is 0 Å². The highest BCUT2D eigenvalue weighted by Crippen LogP contribution is 2.39. The molecule has 0 aliphatic carbocycles. The Kier molecular flexibility index (Phi) is 2.59. The molecule has 5 nitrogen and oxygen atoms in total. The van der Waals surface area contributed by atoms with Gasteiger partial charge in [-0.3, -0.25) is 9.59 Å². The first-order valence-electron chi connectivity index (χ1n) is 5.88. The minimum atomic E-state index is -0.325. The van der Waals surface area contributed by atoms with Crippen molar-refractivity contribution in [2.75, 3.05) is 17.7 Å². The molecule has 0 fully saturated rings. The molecule has 96 valence electrons. The van der Waals surface area contributed by atoms with Gasteiger partial charge in [-0.2, -0.15) is 0 Å². The topological polar surface area (TPSA) is 67.4 Å². The van der Waals surface area contributed by atoms with Gasteiger partial charge in [0.2, 0.25) is 11.8 Å². The molecule has 19 heavy (non-hydrogen) atoms. The van der Waals surface area contributed by atoms with Crippen molar-refractivity contribution in [1.82, 2.24) is 0 Å². The molecular formula is C14H12N2O3. The van der Waals surface area contributed by atoms with Gasteiger partial charge in [0.05, 0.1) is 18.5 Å². The third-order valence-electron chi connectivity index (χ3n) is 3.09. The Bertz CT molecular complexity index is 694. The predicted octanol–water partition coefficient (Wildman–Crippen LogP) is 2.13. The SMILES string of the molecule is COc1cc2c(c3ccccc13)NC(=O)CC(=O)N2. The van der Waals surface area contributed by atoms with Gasteiger partial charge in [0, 0.05) is 16.8 Å². The number of hydrogen-bond donors (Lipinski definition) is 2. The molecular weight excluding hydrogens is 244 g/mol. The van der Waals surface area contributed by atoms with Crippen LogP contribution in [0.1, 0.15) is 6.42 Å². The second kappa shape index (κ2) is 4.28. The summed E-state index contributed by atoms with van der Waals surface area (Å²) in [6, 6.07) is 9.29. The molecule has 0 unspecified atom stereocenters. The Hall–Kier alpha value is -2.56.